The van der Waals surface area contributed by atoms with Gasteiger partial charge in [-0.05, 0) is 13.0 Å². The van der Waals surface area contributed by atoms with Crippen LogP contribution in [0.25, 0.3) is 0 Å². The predicted molar refractivity (Wildman–Crippen MR) is 77.5 cm³/mol. The van der Waals surface area contributed by atoms with Crippen LogP contribution in [0.15, 0.2) is 18.5 Å². The molecule has 1 unspecified atom stereocenters. The molecular formula is C13H18ClN5O. The minimum Gasteiger partial charge on any atom is -0.495 e. The van der Waals surface area contributed by atoms with Gasteiger partial charge in [-0.25, -0.2) is 0 Å². The summed E-state index contributed by atoms with van der Waals surface area (Å²) in [5.41, 5.74) is 5.46. The first-order chi connectivity index (χ1) is 9.58. The molecule has 0 saturated carbocycles. The molecule has 0 fully saturated rings. The Bertz CT molecular complexity index is 598. The summed E-state index contributed by atoms with van der Waals surface area (Å²) in [6, 6.07) is 1.74. The highest BCUT2D eigenvalue weighted by Crippen LogP contribution is 2.29. The van der Waals surface area contributed by atoms with E-state index >= 15 is 0 Å². The summed E-state index contributed by atoms with van der Waals surface area (Å²) < 4.78 is 7.09. The average molecular weight is 296 g/mol. The third-order valence-electron chi connectivity index (χ3n) is 3.27. The van der Waals surface area contributed by atoms with Gasteiger partial charge in [-0.3, -0.25) is 20.9 Å². The van der Waals surface area contributed by atoms with Crippen molar-refractivity contribution in [3.05, 3.63) is 40.4 Å². The van der Waals surface area contributed by atoms with Gasteiger partial charge >= 0.3 is 0 Å². The SMILES string of the molecule is COc1cnccc1C(Cc1c(Cl)c(C)nn1C)NN. The third-order valence-corrected chi connectivity index (χ3v) is 3.76. The van der Waals surface area contributed by atoms with Crippen molar-refractivity contribution in [3.8, 4) is 5.75 Å². The zero-order valence-corrected chi connectivity index (χ0v) is 12.5. The highest BCUT2D eigenvalue weighted by atomic mass is 35.5. The summed E-state index contributed by atoms with van der Waals surface area (Å²) in [5, 5.41) is 4.97. The van der Waals surface area contributed by atoms with Crippen LogP contribution in [0.3, 0.4) is 0 Å². The van der Waals surface area contributed by atoms with Crippen LogP contribution in [-0.4, -0.2) is 21.9 Å². The van der Waals surface area contributed by atoms with Crippen molar-refractivity contribution in [3.63, 3.8) is 0 Å². The first-order valence-electron chi connectivity index (χ1n) is 6.20. The van der Waals surface area contributed by atoms with E-state index in [2.05, 4.69) is 15.5 Å². The summed E-state index contributed by atoms with van der Waals surface area (Å²) >= 11 is 6.28. The molecule has 108 valence electrons. The van der Waals surface area contributed by atoms with E-state index in [4.69, 9.17) is 22.2 Å². The number of hydrogen-bond acceptors (Lipinski definition) is 5. The predicted octanol–water partition coefficient (Wildman–Crippen LogP) is 1.53. The lowest BCUT2D eigenvalue weighted by Crippen LogP contribution is -2.30. The molecule has 7 heteroatoms. The number of rotatable bonds is 5. The molecule has 2 heterocycles. The Balaban J connectivity index is 2.34. The zero-order chi connectivity index (χ0) is 14.7. The van der Waals surface area contributed by atoms with Crippen LogP contribution in [-0.2, 0) is 13.5 Å². The number of halogens is 1. The van der Waals surface area contributed by atoms with Crippen molar-refractivity contribution < 1.29 is 4.74 Å². The normalized spacial score (nSPS) is 12.4. The molecule has 0 aliphatic carbocycles. The van der Waals surface area contributed by atoms with E-state index in [1.807, 2.05) is 20.0 Å². The van der Waals surface area contributed by atoms with Crippen LogP contribution in [0.1, 0.15) is 23.0 Å². The van der Waals surface area contributed by atoms with E-state index in [1.165, 1.54) is 0 Å². The molecule has 2 aromatic rings. The summed E-state index contributed by atoms with van der Waals surface area (Å²) in [6.45, 7) is 1.88. The molecule has 0 spiro atoms. The highest BCUT2D eigenvalue weighted by molar-refractivity contribution is 6.31. The van der Waals surface area contributed by atoms with Crippen molar-refractivity contribution in [2.75, 3.05) is 7.11 Å². The van der Waals surface area contributed by atoms with Gasteiger partial charge in [-0.15, -0.1) is 0 Å². The van der Waals surface area contributed by atoms with Gasteiger partial charge in [0.05, 0.1) is 35.8 Å². The smallest absolute Gasteiger partial charge is 0.141 e. The first kappa shape index (κ1) is 14.8. The van der Waals surface area contributed by atoms with E-state index in [-0.39, 0.29) is 6.04 Å². The molecule has 1 atom stereocenters. The first-order valence-corrected chi connectivity index (χ1v) is 6.58. The van der Waals surface area contributed by atoms with Gasteiger partial charge in [0.15, 0.2) is 0 Å². The van der Waals surface area contributed by atoms with Crippen molar-refractivity contribution in [1.29, 1.82) is 0 Å². The fourth-order valence-electron chi connectivity index (χ4n) is 2.20. The maximum Gasteiger partial charge on any atom is 0.141 e. The van der Waals surface area contributed by atoms with Crippen LogP contribution in [0, 0.1) is 6.92 Å². The molecule has 2 rings (SSSR count). The van der Waals surface area contributed by atoms with Crippen molar-refractivity contribution in [2.24, 2.45) is 12.9 Å². The van der Waals surface area contributed by atoms with E-state index in [9.17, 15) is 0 Å². The van der Waals surface area contributed by atoms with E-state index in [0.29, 0.717) is 17.2 Å². The number of nitrogens with two attached hydrogens (primary N) is 1. The van der Waals surface area contributed by atoms with Crippen molar-refractivity contribution in [1.82, 2.24) is 20.2 Å². The van der Waals surface area contributed by atoms with Crippen LogP contribution >= 0.6 is 11.6 Å². The number of hydrogen-bond donors (Lipinski definition) is 2. The number of methoxy groups -OCH3 is 1. The Kier molecular flexibility index (Phi) is 4.59. The molecule has 3 N–H and O–H groups in total. The highest BCUT2D eigenvalue weighted by Gasteiger charge is 2.20. The van der Waals surface area contributed by atoms with Gasteiger partial charge in [0.25, 0.3) is 0 Å². The largest absolute Gasteiger partial charge is 0.495 e. The lowest BCUT2D eigenvalue weighted by molar-refractivity contribution is 0.396. The summed E-state index contributed by atoms with van der Waals surface area (Å²) in [5.74, 6) is 6.37. The average Bonchev–Trinajstić information content (AvgIpc) is 2.70. The lowest BCUT2D eigenvalue weighted by Gasteiger charge is -2.19. The number of aryl methyl sites for hydroxylation is 2. The van der Waals surface area contributed by atoms with Crippen molar-refractivity contribution >= 4 is 11.6 Å². The molecular weight excluding hydrogens is 278 g/mol. The van der Waals surface area contributed by atoms with Crippen LogP contribution < -0.4 is 16.0 Å². The van der Waals surface area contributed by atoms with Crippen LogP contribution in [0.4, 0.5) is 0 Å². The Morgan fingerprint density at radius 2 is 2.30 bits per heavy atom. The van der Waals surface area contributed by atoms with Crippen LogP contribution in [0.5, 0.6) is 5.75 Å². The number of aromatic nitrogens is 3. The van der Waals surface area contributed by atoms with Gasteiger partial charge in [0, 0.05) is 25.2 Å². The molecule has 0 aliphatic rings. The van der Waals surface area contributed by atoms with Gasteiger partial charge in [0.2, 0.25) is 0 Å². The van der Waals surface area contributed by atoms with Crippen molar-refractivity contribution in [2.45, 2.75) is 19.4 Å². The third kappa shape index (κ3) is 2.77. The lowest BCUT2D eigenvalue weighted by atomic mass is 10.0. The maximum absolute atomic E-state index is 6.28. The molecule has 2 aromatic heterocycles. The number of hydrazine groups is 1. The number of nitrogens with zero attached hydrogens (tertiary/aromatic N) is 3. The van der Waals surface area contributed by atoms with Crippen LogP contribution in [0.2, 0.25) is 5.02 Å². The summed E-state index contributed by atoms with van der Waals surface area (Å²) in [6.07, 6.45) is 3.97. The molecule has 20 heavy (non-hydrogen) atoms. The minimum absolute atomic E-state index is 0.139. The molecule has 0 bridgehead atoms. The van der Waals surface area contributed by atoms with Gasteiger partial charge in [-0.2, -0.15) is 5.10 Å². The fraction of sp³-hybridized carbons (Fsp3) is 0.385. The standard InChI is InChI=1S/C13H18ClN5O/c1-8-13(14)11(19(2)18-8)6-10(17-15)9-4-5-16-7-12(9)20-3/h4-5,7,10,17H,6,15H2,1-3H3. The Hall–Kier alpha value is -1.63. The topological polar surface area (TPSA) is 78.0 Å². The second-order valence-electron chi connectivity index (χ2n) is 4.51. The number of nitrogens with one attached hydrogen (secondary N) is 1. The maximum atomic E-state index is 6.28. The van der Waals surface area contributed by atoms with Gasteiger partial charge in [0.1, 0.15) is 5.75 Å². The molecule has 0 amide bonds. The molecule has 0 saturated heterocycles. The van der Waals surface area contributed by atoms with Gasteiger partial charge < -0.3 is 4.74 Å². The second kappa shape index (κ2) is 6.21. The molecule has 0 aliphatic heterocycles. The number of pyridine rings is 1. The monoisotopic (exact) mass is 295 g/mol. The molecule has 0 aromatic carbocycles. The Labute approximate surface area is 122 Å². The molecule has 6 nitrogen and oxygen atoms in total. The Morgan fingerprint density at radius 3 is 2.85 bits per heavy atom. The van der Waals surface area contributed by atoms with E-state index in [0.717, 1.165) is 17.0 Å². The fourth-order valence-corrected chi connectivity index (χ4v) is 2.44. The minimum atomic E-state index is -0.139. The number of ether oxygens (including phenoxy) is 1. The Morgan fingerprint density at radius 1 is 1.55 bits per heavy atom. The zero-order valence-electron chi connectivity index (χ0n) is 11.7. The van der Waals surface area contributed by atoms with E-state index < -0.39 is 0 Å². The quantitative estimate of drug-likeness (QED) is 0.646. The van der Waals surface area contributed by atoms with Gasteiger partial charge in [-0.1, -0.05) is 11.6 Å². The summed E-state index contributed by atoms with van der Waals surface area (Å²) in [4.78, 5) is 4.04. The summed E-state index contributed by atoms with van der Waals surface area (Å²) in [7, 11) is 3.47. The van der Waals surface area contributed by atoms with E-state index in [1.54, 1.807) is 24.2 Å². The molecule has 0 radical (unpaired) electrons. The second-order valence-corrected chi connectivity index (χ2v) is 4.89.